The van der Waals surface area contributed by atoms with E-state index in [1.165, 1.54) is 141 Å². The van der Waals surface area contributed by atoms with E-state index in [2.05, 4.69) is 40.0 Å². The normalized spacial score (nSPS) is 13.1. The zero-order chi connectivity index (χ0) is 89.4. The number of hydrogen-bond donors (Lipinski definition) is 3. The lowest BCUT2D eigenvalue weighted by atomic mass is 9.98. The number of alkyl halides is 12. The number of rotatable bonds is 20. The number of ether oxygens (including phenoxy) is 8. The highest BCUT2D eigenvalue weighted by Crippen LogP contribution is 2.45. The van der Waals surface area contributed by atoms with Gasteiger partial charge in [0.15, 0.2) is 27.9 Å². The van der Waals surface area contributed by atoms with Crippen molar-refractivity contribution in [3.8, 4) is 40.2 Å². The number of aldehydes is 1. The molecular weight excluding hydrogens is 1710 g/mol. The predicted molar refractivity (Wildman–Crippen MR) is 396 cm³/mol. The van der Waals surface area contributed by atoms with E-state index in [1.54, 1.807) is 19.9 Å². The second-order valence-electron chi connectivity index (χ2n) is 22.1. The number of methoxy groups -OCH3 is 5. The smallest absolute Gasteiger partial charge is 0.460 e. The van der Waals surface area contributed by atoms with Crippen molar-refractivity contribution in [2.24, 2.45) is 10.3 Å². The molecule has 1 aliphatic heterocycles. The standard InChI is InChI=1S/C15H14F3NO6S.C14H13F3O5.C12H8F3NO4.C12H7F3O4.C8H8O3.C6H10O3.C3H7ClO2S.OS2/c1-3-6-26(21,22)25-19-13(15(16,17)18)11-7-9-4-5-10(23-2)8-12(9)24-14(11)20;1-3-21-12(18)10-6-8-4-5-9(20-2)7-11(8)22-13(10,19)14(15,16)17;1-19-7-3-2-6-4-8(10(16-18)12(13,14)15)11(17)20-9(6)5-7;1-18-7-3-2-6-4-8(10(16)12(13,14)15)11(17)19-9(6)5-7;1-11-7-3-2-6(5-9)8(10)4-7;1-3-9-6(8)4-5(2)7;1-2-3-7(4,5)6;1-3-2/h4-5,7-8H,3,6H2,1-2H3;4-7,19H,3H2,1-2H3;2-5,18H,1H3;2-5H,1H3;2-5,10H,1H3;3-4H2,1-2H3;2-3H2,1H3;/b19-13+;;16-10+;;;;;. The Bertz CT molecular complexity index is 5370. The fraction of sp³-hybridized carbons (Fsp3) is 0.314. The first-order valence-electron chi connectivity index (χ1n) is 32.1. The number of fused-ring (bicyclic) bond motifs is 4. The first-order valence-corrected chi connectivity index (χ1v) is 37.8. The molecule has 3 N–H and O–H groups in total. The number of ketones is 2. The predicted octanol–water partition coefficient (Wildman–Crippen LogP) is 12.6. The summed E-state index contributed by atoms with van der Waals surface area (Å²) in [5, 5.41) is 32.9. The van der Waals surface area contributed by atoms with Gasteiger partial charge in [-0.2, -0.15) is 65.3 Å². The largest absolute Gasteiger partial charge is 0.507 e. The van der Waals surface area contributed by atoms with E-state index >= 15 is 0 Å². The Hall–Kier alpha value is -11.5. The molecule has 9 rings (SSSR count). The van der Waals surface area contributed by atoms with Crippen LogP contribution in [0.25, 0.3) is 39.0 Å². The highest BCUT2D eigenvalue weighted by atomic mass is 35.7. The number of carbonyl (C=O) groups is 5. The maximum Gasteiger partial charge on any atom is 0.460 e. The summed E-state index contributed by atoms with van der Waals surface area (Å²) in [6.07, 6.45) is -18.4. The molecule has 5 aromatic carbocycles. The van der Waals surface area contributed by atoms with Crippen LogP contribution in [0.3, 0.4) is 0 Å². The molecule has 0 fully saturated rings. The second kappa shape index (κ2) is 45.7. The van der Waals surface area contributed by atoms with Gasteiger partial charge in [0, 0.05) is 73.9 Å². The number of benzene rings is 5. The lowest BCUT2D eigenvalue weighted by molar-refractivity contribution is -0.316. The lowest BCUT2D eigenvalue weighted by Crippen LogP contribution is -2.55. The summed E-state index contributed by atoms with van der Waals surface area (Å²) in [4.78, 5) is 88.6. The Morgan fingerprint density at radius 2 is 0.974 bits per heavy atom. The van der Waals surface area contributed by atoms with Crippen molar-refractivity contribution < 1.29 is 169 Å². The van der Waals surface area contributed by atoms with Crippen LogP contribution in [0.1, 0.15) is 91.3 Å². The summed E-state index contributed by atoms with van der Waals surface area (Å²) in [5.41, 5.74) is -10.8. The Morgan fingerprint density at radius 1 is 0.581 bits per heavy atom. The number of nitrogens with zero attached hydrogens (tertiary/aromatic N) is 2. The van der Waals surface area contributed by atoms with Gasteiger partial charge >= 0.3 is 69.4 Å². The molecule has 0 aliphatic carbocycles. The van der Waals surface area contributed by atoms with Crippen LogP contribution in [0.4, 0.5) is 52.7 Å². The average Bonchev–Trinajstić information content (AvgIpc) is 0.747. The molecule has 0 amide bonds. The summed E-state index contributed by atoms with van der Waals surface area (Å²) >= 11 is 3.75. The summed E-state index contributed by atoms with van der Waals surface area (Å²) in [6, 6.07) is 23.9. The van der Waals surface area contributed by atoms with Crippen molar-refractivity contribution in [2.45, 2.75) is 84.4 Å². The number of carbonyl (C=O) groups excluding carboxylic acids is 5. The van der Waals surface area contributed by atoms with Crippen molar-refractivity contribution in [3.63, 3.8) is 0 Å². The molecule has 117 heavy (non-hydrogen) atoms. The number of halogens is 13. The average molecular weight is 1780 g/mol. The highest BCUT2D eigenvalue weighted by Gasteiger charge is 2.63. The van der Waals surface area contributed by atoms with Crippen molar-refractivity contribution in [1.29, 1.82) is 0 Å². The van der Waals surface area contributed by atoms with E-state index in [0.29, 0.717) is 42.3 Å². The number of aromatic hydroxyl groups is 1. The van der Waals surface area contributed by atoms with Crippen molar-refractivity contribution >= 4 is 131 Å². The van der Waals surface area contributed by atoms with Crippen LogP contribution in [-0.2, 0) is 68.7 Å². The van der Waals surface area contributed by atoms with E-state index in [-0.39, 0.29) is 102 Å². The number of hydrogen-bond acceptors (Lipinski definition) is 31. The third-order valence-corrected chi connectivity index (χ3v) is 16.3. The van der Waals surface area contributed by atoms with Crippen LogP contribution in [0.15, 0.2) is 153 Å². The summed E-state index contributed by atoms with van der Waals surface area (Å²) in [6.45, 7) is 7.97. The minimum atomic E-state index is -5.23. The first kappa shape index (κ1) is 102. The zero-order valence-electron chi connectivity index (χ0n) is 62.0. The Labute approximate surface area is 665 Å². The molecule has 3 aromatic heterocycles. The second-order valence-corrected chi connectivity index (χ2v) is 27.2. The van der Waals surface area contributed by atoms with Crippen LogP contribution in [0.2, 0.25) is 0 Å². The van der Waals surface area contributed by atoms with E-state index in [4.69, 9.17) is 62.1 Å². The minimum absolute atomic E-state index is 0.000789. The van der Waals surface area contributed by atoms with Gasteiger partial charge in [-0.15, -0.1) is 0 Å². The van der Waals surface area contributed by atoms with Crippen LogP contribution >= 0.6 is 10.7 Å². The Kier molecular flexibility index (Phi) is 39.7. The molecule has 0 radical (unpaired) electrons. The van der Waals surface area contributed by atoms with Crippen LogP contribution < -0.4 is 45.3 Å². The molecule has 47 heteroatoms. The molecule has 0 spiro atoms. The number of Topliss-reactive ketones (excluding diaryl/α,β-unsaturated/α-hetero) is 2. The minimum Gasteiger partial charge on any atom is -0.507 e. The molecule has 8 aromatic rings. The lowest BCUT2D eigenvalue weighted by Gasteiger charge is -2.35. The fourth-order valence-corrected chi connectivity index (χ4v) is 10.3. The number of phenols is 1. The van der Waals surface area contributed by atoms with Gasteiger partial charge in [-0.05, 0) is 119 Å². The van der Waals surface area contributed by atoms with Gasteiger partial charge in [-0.3, -0.25) is 23.5 Å². The van der Waals surface area contributed by atoms with Gasteiger partial charge in [-0.1, -0.05) is 24.2 Å². The molecular formula is C70H67ClF12N2O28S4. The monoisotopic (exact) mass is 1770 g/mol. The van der Waals surface area contributed by atoms with E-state index < -0.39 is 124 Å². The third-order valence-electron chi connectivity index (χ3n) is 13.7. The summed E-state index contributed by atoms with van der Waals surface area (Å²) in [5.74, 6) is -6.77. The number of aliphatic hydroxyl groups is 1. The maximum absolute atomic E-state index is 13.3. The number of oxime groups is 2. The summed E-state index contributed by atoms with van der Waals surface area (Å²) < 4.78 is 262. The number of esters is 2. The molecule has 4 heterocycles. The Balaban J connectivity index is 0.000000476. The number of phenolic OH excluding ortho intramolecular Hbond substituents is 1. The SMILES string of the molecule is CCCS(=O)(=O)Cl.CCCS(=O)(=O)O/N=C(\c1cc2ccc(OC)cc2oc1=O)C(F)(F)F.CCOC(=O)C1=Cc2ccc(OC)cc2OC1(O)C(F)(F)F.CCOC(=O)CC(C)=O.COc1ccc(C=O)c(O)c1.COc1ccc2cc(/C(=N\O)C(F)(F)F)c(=O)oc2c1.COc1ccc2cc(C(=O)C(F)(F)F)c(=O)oc2c1.O=S=S. The third kappa shape index (κ3) is 31.9. The van der Waals surface area contributed by atoms with Crippen molar-refractivity contribution in [2.75, 3.05) is 60.3 Å². The molecule has 1 aliphatic rings. The molecule has 1 atom stereocenters. The van der Waals surface area contributed by atoms with Gasteiger partial charge in [0.1, 0.15) is 80.3 Å². The highest BCUT2D eigenvalue weighted by molar-refractivity contribution is 8.13. The molecule has 0 bridgehead atoms. The van der Waals surface area contributed by atoms with Crippen molar-refractivity contribution in [1.82, 2.24) is 0 Å². The Morgan fingerprint density at radius 3 is 1.32 bits per heavy atom. The van der Waals surface area contributed by atoms with Gasteiger partial charge < -0.3 is 66.6 Å². The molecule has 640 valence electrons. The van der Waals surface area contributed by atoms with E-state index in [1.807, 2.05) is 0 Å². The van der Waals surface area contributed by atoms with Crippen LogP contribution in [0, 0.1) is 0 Å². The first-order chi connectivity index (χ1) is 54.4. The fourth-order valence-electron chi connectivity index (χ4n) is 8.54. The zero-order valence-corrected chi connectivity index (χ0v) is 66.0. The quantitative estimate of drug-likeness (QED) is 0.00609. The summed E-state index contributed by atoms with van der Waals surface area (Å²) in [7, 11) is 4.38. The van der Waals surface area contributed by atoms with Crippen LogP contribution in [0.5, 0.6) is 40.2 Å². The maximum atomic E-state index is 13.3. The molecule has 1 unspecified atom stereocenters. The molecule has 0 saturated carbocycles. The van der Waals surface area contributed by atoms with E-state index in [0.717, 1.165) is 24.3 Å². The van der Waals surface area contributed by atoms with E-state index in [9.17, 15) is 113 Å². The van der Waals surface area contributed by atoms with Gasteiger partial charge in [0.05, 0.1) is 77.0 Å². The van der Waals surface area contributed by atoms with Crippen molar-refractivity contribution in [3.05, 3.63) is 174 Å². The van der Waals surface area contributed by atoms with Gasteiger partial charge in [0.25, 0.3) is 5.78 Å². The molecule has 0 saturated heterocycles. The van der Waals surface area contributed by atoms with Gasteiger partial charge in [-0.25, -0.2) is 27.6 Å². The van der Waals surface area contributed by atoms with Gasteiger partial charge in [0.2, 0.25) is 9.05 Å². The topological polar surface area (TPSA) is 430 Å². The van der Waals surface area contributed by atoms with Crippen LogP contribution in [-0.4, -0.2) is 168 Å². The molecule has 30 nitrogen and oxygen atoms in total.